The molecule has 2 rings (SSSR count). The van der Waals surface area contributed by atoms with Gasteiger partial charge in [-0.2, -0.15) is 0 Å². The highest BCUT2D eigenvalue weighted by Crippen LogP contribution is 2.24. The van der Waals surface area contributed by atoms with E-state index in [2.05, 4.69) is 42.9 Å². The average Bonchev–Trinajstić information content (AvgIpc) is 2.69. The van der Waals surface area contributed by atoms with Gasteiger partial charge in [0.15, 0.2) is 0 Å². The second-order valence-electron chi connectivity index (χ2n) is 6.31. The lowest BCUT2D eigenvalue weighted by molar-refractivity contribution is 0.102. The number of rotatable bonds is 3. The highest BCUT2D eigenvalue weighted by molar-refractivity contribution is 4.90. The molecule has 1 N–H and O–H groups in total. The lowest BCUT2D eigenvalue weighted by Gasteiger charge is -2.39. The molecule has 2 heterocycles. The lowest BCUT2D eigenvalue weighted by atomic mass is 9.98. The summed E-state index contributed by atoms with van der Waals surface area (Å²) < 4.78 is 0. The van der Waals surface area contributed by atoms with E-state index in [0.717, 1.165) is 18.1 Å². The van der Waals surface area contributed by atoms with E-state index in [1.165, 1.54) is 38.9 Å². The van der Waals surface area contributed by atoms with Crippen LogP contribution in [0.5, 0.6) is 0 Å². The third kappa shape index (κ3) is 3.43. The minimum absolute atomic E-state index is 0.622. The van der Waals surface area contributed by atoms with E-state index < -0.39 is 0 Å². The number of hydrogen-bond donors (Lipinski definition) is 1. The summed E-state index contributed by atoms with van der Waals surface area (Å²) >= 11 is 0. The summed E-state index contributed by atoms with van der Waals surface area (Å²) in [5.74, 6) is 0. The monoisotopic (exact) mass is 239 g/mol. The van der Waals surface area contributed by atoms with Crippen LogP contribution in [0.1, 0.15) is 40.0 Å². The molecule has 2 fully saturated rings. The van der Waals surface area contributed by atoms with E-state index in [9.17, 15) is 0 Å². The Kier molecular flexibility index (Phi) is 4.45. The number of hydrogen-bond acceptors (Lipinski definition) is 3. The quantitative estimate of drug-likeness (QED) is 0.806. The van der Waals surface area contributed by atoms with Crippen LogP contribution in [0.15, 0.2) is 0 Å². The third-order valence-electron chi connectivity index (χ3n) is 4.49. The molecule has 0 spiro atoms. The highest BCUT2D eigenvalue weighted by atomic mass is 15.2. The maximum Gasteiger partial charge on any atom is 0.0209 e. The van der Waals surface area contributed by atoms with Gasteiger partial charge in [-0.05, 0) is 39.8 Å². The molecule has 0 aromatic carbocycles. The topological polar surface area (TPSA) is 18.5 Å². The zero-order valence-corrected chi connectivity index (χ0v) is 11.9. The zero-order chi connectivity index (χ0) is 12.4. The van der Waals surface area contributed by atoms with Gasteiger partial charge in [0.2, 0.25) is 0 Å². The molecular weight excluding hydrogens is 210 g/mol. The lowest BCUT2D eigenvalue weighted by Crippen LogP contribution is -2.47. The van der Waals surface area contributed by atoms with Crippen molar-refractivity contribution >= 4 is 0 Å². The molecule has 17 heavy (non-hydrogen) atoms. The maximum atomic E-state index is 3.68. The number of piperidine rings is 1. The SMILES string of the molecule is CC(C)NC1CCN(C2CCN(C)C(C)C2)C1. The minimum Gasteiger partial charge on any atom is -0.310 e. The van der Waals surface area contributed by atoms with Gasteiger partial charge in [0, 0.05) is 37.3 Å². The zero-order valence-electron chi connectivity index (χ0n) is 11.9. The summed E-state index contributed by atoms with van der Waals surface area (Å²) in [5, 5.41) is 3.68. The first-order chi connectivity index (χ1) is 8.06. The Morgan fingerprint density at radius 1 is 1.18 bits per heavy atom. The Balaban J connectivity index is 1.80. The summed E-state index contributed by atoms with van der Waals surface area (Å²) in [6.07, 6.45) is 4.04. The number of nitrogens with zero attached hydrogens (tertiary/aromatic N) is 2. The van der Waals surface area contributed by atoms with Crippen molar-refractivity contribution in [2.75, 3.05) is 26.7 Å². The van der Waals surface area contributed by atoms with Crippen molar-refractivity contribution in [2.24, 2.45) is 0 Å². The Labute approximate surface area is 107 Å². The van der Waals surface area contributed by atoms with Gasteiger partial charge in [-0.15, -0.1) is 0 Å². The molecule has 2 aliphatic heterocycles. The highest BCUT2D eigenvalue weighted by Gasteiger charge is 2.32. The van der Waals surface area contributed by atoms with Crippen molar-refractivity contribution in [2.45, 2.75) is 64.2 Å². The normalized spacial score (nSPS) is 36.9. The Morgan fingerprint density at radius 3 is 2.59 bits per heavy atom. The molecule has 3 atom stereocenters. The molecule has 3 nitrogen and oxygen atoms in total. The smallest absolute Gasteiger partial charge is 0.0209 e. The van der Waals surface area contributed by atoms with Gasteiger partial charge >= 0.3 is 0 Å². The molecule has 0 aromatic heterocycles. The van der Waals surface area contributed by atoms with Crippen LogP contribution in [0.2, 0.25) is 0 Å². The van der Waals surface area contributed by atoms with E-state index in [1.54, 1.807) is 0 Å². The predicted octanol–water partition coefficient (Wildman–Crippen LogP) is 1.54. The second kappa shape index (κ2) is 5.68. The van der Waals surface area contributed by atoms with Gasteiger partial charge in [0.25, 0.3) is 0 Å². The molecular formula is C14H29N3. The van der Waals surface area contributed by atoms with Crippen molar-refractivity contribution in [3.8, 4) is 0 Å². The van der Waals surface area contributed by atoms with Crippen LogP contribution in [0, 0.1) is 0 Å². The van der Waals surface area contributed by atoms with E-state index in [1.807, 2.05) is 0 Å². The Hall–Kier alpha value is -0.120. The van der Waals surface area contributed by atoms with Gasteiger partial charge < -0.3 is 10.2 Å². The van der Waals surface area contributed by atoms with Gasteiger partial charge in [-0.1, -0.05) is 13.8 Å². The molecule has 2 saturated heterocycles. The van der Waals surface area contributed by atoms with Gasteiger partial charge in [0.05, 0.1) is 0 Å². The maximum absolute atomic E-state index is 3.68. The molecule has 2 aliphatic rings. The first-order valence-electron chi connectivity index (χ1n) is 7.26. The molecule has 0 bridgehead atoms. The summed E-state index contributed by atoms with van der Waals surface area (Å²) in [5.41, 5.74) is 0. The van der Waals surface area contributed by atoms with E-state index in [0.29, 0.717) is 6.04 Å². The van der Waals surface area contributed by atoms with Crippen LogP contribution < -0.4 is 5.32 Å². The van der Waals surface area contributed by atoms with Crippen LogP contribution in [0.25, 0.3) is 0 Å². The average molecular weight is 239 g/mol. The van der Waals surface area contributed by atoms with Crippen molar-refractivity contribution in [3.63, 3.8) is 0 Å². The number of nitrogens with one attached hydrogen (secondary N) is 1. The molecule has 0 aromatic rings. The summed E-state index contributed by atoms with van der Waals surface area (Å²) in [7, 11) is 2.26. The molecule has 0 saturated carbocycles. The summed E-state index contributed by atoms with van der Waals surface area (Å²) in [4.78, 5) is 5.22. The Bertz CT molecular complexity index is 242. The van der Waals surface area contributed by atoms with Crippen LogP contribution in [0.4, 0.5) is 0 Å². The van der Waals surface area contributed by atoms with Gasteiger partial charge in [-0.25, -0.2) is 0 Å². The van der Waals surface area contributed by atoms with E-state index >= 15 is 0 Å². The minimum atomic E-state index is 0.622. The fourth-order valence-electron chi connectivity index (χ4n) is 3.32. The third-order valence-corrected chi connectivity index (χ3v) is 4.49. The predicted molar refractivity (Wildman–Crippen MR) is 73.4 cm³/mol. The van der Waals surface area contributed by atoms with Crippen LogP contribution in [-0.4, -0.2) is 60.6 Å². The molecule has 3 unspecified atom stereocenters. The van der Waals surface area contributed by atoms with Crippen molar-refractivity contribution in [1.82, 2.24) is 15.1 Å². The second-order valence-corrected chi connectivity index (χ2v) is 6.31. The van der Waals surface area contributed by atoms with Crippen LogP contribution in [0.3, 0.4) is 0 Å². The largest absolute Gasteiger partial charge is 0.310 e. The first kappa shape index (κ1) is 13.3. The molecule has 0 amide bonds. The van der Waals surface area contributed by atoms with Crippen molar-refractivity contribution in [3.05, 3.63) is 0 Å². The van der Waals surface area contributed by atoms with Gasteiger partial charge in [-0.3, -0.25) is 4.90 Å². The number of likely N-dealkylation sites (tertiary alicyclic amines) is 2. The first-order valence-corrected chi connectivity index (χ1v) is 7.26. The van der Waals surface area contributed by atoms with Crippen molar-refractivity contribution < 1.29 is 0 Å². The fourth-order valence-corrected chi connectivity index (χ4v) is 3.32. The Morgan fingerprint density at radius 2 is 1.94 bits per heavy atom. The van der Waals surface area contributed by atoms with E-state index in [-0.39, 0.29) is 0 Å². The molecule has 100 valence electrons. The molecule has 3 heteroatoms. The standard InChI is InChI=1S/C14H29N3/c1-11(2)15-13-5-8-17(10-13)14-6-7-16(4)12(3)9-14/h11-15H,5-10H2,1-4H3. The van der Waals surface area contributed by atoms with Crippen LogP contribution in [-0.2, 0) is 0 Å². The molecule has 0 aliphatic carbocycles. The van der Waals surface area contributed by atoms with Crippen LogP contribution >= 0.6 is 0 Å². The van der Waals surface area contributed by atoms with Crippen molar-refractivity contribution in [1.29, 1.82) is 0 Å². The van der Waals surface area contributed by atoms with E-state index in [4.69, 9.17) is 0 Å². The summed E-state index contributed by atoms with van der Waals surface area (Å²) in [6, 6.07) is 2.94. The van der Waals surface area contributed by atoms with Gasteiger partial charge in [0.1, 0.15) is 0 Å². The summed E-state index contributed by atoms with van der Waals surface area (Å²) in [6.45, 7) is 10.7. The fraction of sp³-hybridized carbons (Fsp3) is 1.00. The molecule has 0 radical (unpaired) electrons.